The molecule has 0 radical (unpaired) electrons. The van der Waals surface area contributed by atoms with Gasteiger partial charge in [-0.2, -0.15) is 0 Å². The quantitative estimate of drug-likeness (QED) is 0.796. The maximum atomic E-state index is 13.1. The van der Waals surface area contributed by atoms with Crippen molar-refractivity contribution in [2.75, 3.05) is 19.6 Å². The molecule has 0 bridgehead atoms. The van der Waals surface area contributed by atoms with E-state index >= 15 is 0 Å². The molecule has 2 atom stereocenters. The Morgan fingerprint density at radius 1 is 1.17 bits per heavy atom. The Bertz CT molecular complexity index is 874. The maximum absolute atomic E-state index is 13.1. The molecule has 3 rings (SSSR count). The summed E-state index contributed by atoms with van der Waals surface area (Å²) in [5.74, 6) is 0.904. The van der Waals surface area contributed by atoms with Gasteiger partial charge in [-0.15, -0.1) is 0 Å². The van der Waals surface area contributed by atoms with Gasteiger partial charge in [-0.05, 0) is 46.1 Å². The zero-order valence-corrected chi connectivity index (χ0v) is 18.4. The largest absolute Gasteiger partial charge is 0.356 e. The number of carbonyl (C=O) groups excluding carboxylic acids is 2. The first-order valence-electron chi connectivity index (χ1n) is 10.8. The third-order valence-electron chi connectivity index (χ3n) is 5.92. The van der Waals surface area contributed by atoms with Crippen LogP contribution >= 0.6 is 0 Å². The number of piperidine rings is 1. The second-order valence-electron chi connectivity index (χ2n) is 8.12. The van der Waals surface area contributed by atoms with Crippen LogP contribution in [-0.2, 0) is 16.0 Å². The average molecular weight is 409 g/mol. The Balaban J connectivity index is 1.73. The predicted molar refractivity (Wildman–Crippen MR) is 117 cm³/mol. The van der Waals surface area contributed by atoms with Gasteiger partial charge in [0.15, 0.2) is 0 Å². The topological polar surface area (TPSA) is 75.2 Å². The molecule has 30 heavy (non-hydrogen) atoms. The summed E-state index contributed by atoms with van der Waals surface area (Å²) in [7, 11) is 0. The lowest BCUT2D eigenvalue weighted by Gasteiger charge is -2.34. The summed E-state index contributed by atoms with van der Waals surface area (Å²) in [6.07, 6.45) is 2.22. The number of nitrogens with zero attached hydrogens (tertiary/aromatic N) is 3. The molecule has 160 valence electrons. The number of carbonyl (C=O) groups is 2. The van der Waals surface area contributed by atoms with Crippen LogP contribution in [0, 0.1) is 13.8 Å². The van der Waals surface area contributed by atoms with Crippen molar-refractivity contribution in [1.29, 1.82) is 0 Å². The summed E-state index contributed by atoms with van der Waals surface area (Å²) in [5, 5.41) is 2.83. The molecule has 1 aliphatic rings. The fourth-order valence-corrected chi connectivity index (χ4v) is 4.17. The molecule has 2 heterocycles. The van der Waals surface area contributed by atoms with E-state index in [1.165, 1.54) is 0 Å². The Labute approximate surface area is 179 Å². The molecule has 0 unspecified atom stereocenters. The van der Waals surface area contributed by atoms with E-state index in [2.05, 4.69) is 5.32 Å². The van der Waals surface area contributed by atoms with Crippen molar-refractivity contribution in [3.8, 4) is 0 Å². The molecule has 0 saturated carbocycles. The Kier molecular flexibility index (Phi) is 7.19. The first kappa shape index (κ1) is 21.9. The maximum Gasteiger partial charge on any atom is 0.229 e. The van der Waals surface area contributed by atoms with E-state index in [1.807, 2.05) is 62.9 Å². The number of aromatic nitrogens is 2. The van der Waals surface area contributed by atoms with E-state index < -0.39 is 0 Å². The third-order valence-corrected chi connectivity index (χ3v) is 5.92. The summed E-state index contributed by atoms with van der Waals surface area (Å²) in [4.78, 5) is 36.5. The molecule has 1 aliphatic heterocycles. The standard InChI is InChI=1S/C24H32N4O2/c1-5-25-22(29)14-21-17(3)26-23(27-18(21)4)20-12-9-13-28(15-20)24(30)16(2)19-10-7-6-8-11-19/h6-8,10-11,16,20H,5,9,12-15H2,1-4H3,(H,25,29)/t16-,20+/m0/s1. The molecule has 1 aromatic carbocycles. The zero-order chi connectivity index (χ0) is 21.7. The van der Waals surface area contributed by atoms with Gasteiger partial charge < -0.3 is 10.2 Å². The minimum Gasteiger partial charge on any atom is -0.356 e. The van der Waals surface area contributed by atoms with E-state index in [4.69, 9.17) is 9.97 Å². The lowest BCUT2D eigenvalue weighted by atomic mass is 9.93. The Hall–Kier alpha value is -2.76. The second-order valence-corrected chi connectivity index (χ2v) is 8.12. The van der Waals surface area contributed by atoms with Crippen LogP contribution in [0.1, 0.15) is 66.9 Å². The number of benzene rings is 1. The number of amides is 2. The monoisotopic (exact) mass is 408 g/mol. The molecule has 0 aliphatic carbocycles. The van der Waals surface area contributed by atoms with E-state index in [-0.39, 0.29) is 23.7 Å². The lowest BCUT2D eigenvalue weighted by Crippen LogP contribution is -2.41. The highest BCUT2D eigenvalue weighted by Gasteiger charge is 2.30. The normalized spacial score (nSPS) is 17.5. The molecule has 1 aromatic heterocycles. The highest BCUT2D eigenvalue weighted by atomic mass is 16.2. The molecule has 1 saturated heterocycles. The summed E-state index contributed by atoms with van der Waals surface area (Å²) in [5.41, 5.74) is 3.64. The smallest absolute Gasteiger partial charge is 0.229 e. The third kappa shape index (κ3) is 5.04. The van der Waals surface area contributed by atoms with Gasteiger partial charge in [0.25, 0.3) is 0 Å². The summed E-state index contributed by atoms with van der Waals surface area (Å²) >= 11 is 0. The van der Waals surface area contributed by atoms with Crippen molar-refractivity contribution in [1.82, 2.24) is 20.2 Å². The minimum absolute atomic E-state index is 0.00983. The molecule has 6 heteroatoms. The van der Waals surface area contributed by atoms with Crippen LogP contribution in [0.5, 0.6) is 0 Å². The van der Waals surface area contributed by atoms with Gasteiger partial charge >= 0.3 is 0 Å². The highest BCUT2D eigenvalue weighted by molar-refractivity contribution is 5.83. The first-order valence-corrected chi connectivity index (χ1v) is 10.8. The molecule has 0 spiro atoms. The number of hydrogen-bond acceptors (Lipinski definition) is 4. The summed E-state index contributed by atoms with van der Waals surface area (Å²) in [6.45, 7) is 9.80. The van der Waals surface area contributed by atoms with Gasteiger partial charge in [-0.25, -0.2) is 9.97 Å². The molecule has 2 aromatic rings. The van der Waals surface area contributed by atoms with Crippen LogP contribution in [0.2, 0.25) is 0 Å². The van der Waals surface area contributed by atoms with Crippen LogP contribution in [0.3, 0.4) is 0 Å². The SMILES string of the molecule is CCNC(=O)Cc1c(C)nc([C@@H]2CCCN(C(=O)[C@@H](C)c3ccccc3)C2)nc1C. The summed E-state index contributed by atoms with van der Waals surface area (Å²) < 4.78 is 0. The fraction of sp³-hybridized carbons (Fsp3) is 0.500. The lowest BCUT2D eigenvalue weighted by molar-refractivity contribution is -0.133. The molecule has 1 fully saturated rings. The zero-order valence-electron chi connectivity index (χ0n) is 18.4. The molecule has 2 amide bonds. The number of likely N-dealkylation sites (N-methyl/N-ethyl adjacent to an activating group) is 1. The van der Waals surface area contributed by atoms with Crippen molar-refractivity contribution in [3.63, 3.8) is 0 Å². The van der Waals surface area contributed by atoms with Gasteiger partial charge in [0, 0.05) is 42.5 Å². The van der Waals surface area contributed by atoms with Gasteiger partial charge in [0.2, 0.25) is 11.8 Å². The van der Waals surface area contributed by atoms with Gasteiger partial charge in [0.1, 0.15) is 5.82 Å². The van der Waals surface area contributed by atoms with Crippen LogP contribution in [0.15, 0.2) is 30.3 Å². The Morgan fingerprint density at radius 2 is 1.83 bits per heavy atom. The number of nitrogens with one attached hydrogen (secondary N) is 1. The van der Waals surface area contributed by atoms with Gasteiger partial charge in [-0.3, -0.25) is 9.59 Å². The number of likely N-dealkylation sites (tertiary alicyclic amines) is 1. The van der Waals surface area contributed by atoms with Crippen LogP contribution < -0.4 is 5.32 Å². The van der Waals surface area contributed by atoms with Crippen molar-refractivity contribution >= 4 is 11.8 Å². The van der Waals surface area contributed by atoms with Crippen LogP contribution in [-0.4, -0.2) is 46.3 Å². The number of aryl methyl sites for hydroxylation is 2. The van der Waals surface area contributed by atoms with Crippen molar-refractivity contribution < 1.29 is 9.59 Å². The van der Waals surface area contributed by atoms with Crippen LogP contribution in [0.4, 0.5) is 0 Å². The summed E-state index contributed by atoms with van der Waals surface area (Å²) in [6, 6.07) is 9.93. The van der Waals surface area contributed by atoms with Crippen LogP contribution in [0.25, 0.3) is 0 Å². The van der Waals surface area contributed by atoms with Crippen molar-refractivity contribution in [3.05, 3.63) is 58.7 Å². The average Bonchev–Trinajstić information content (AvgIpc) is 2.76. The molecule has 1 N–H and O–H groups in total. The number of hydrogen-bond donors (Lipinski definition) is 1. The predicted octanol–water partition coefficient (Wildman–Crippen LogP) is 3.28. The van der Waals surface area contributed by atoms with E-state index in [9.17, 15) is 9.59 Å². The molecule has 6 nitrogen and oxygen atoms in total. The minimum atomic E-state index is -0.159. The number of rotatable bonds is 6. The first-order chi connectivity index (χ1) is 14.4. The Morgan fingerprint density at radius 3 is 2.47 bits per heavy atom. The molecular formula is C24H32N4O2. The molecular weight excluding hydrogens is 376 g/mol. The van der Waals surface area contributed by atoms with Gasteiger partial charge in [-0.1, -0.05) is 30.3 Å². The van der Waals surface area contributed by atoms with Crippen molar-refractivity contribution in [2.24, 2.45) is 0 Å². The highest BCUT2D eigenvalue weighted by Crippen LogP contribution is 2.28. The second kappa shape index (κ2) is 9.83. The van der Waals surface area contributed by atoms with E-state index in [0.29, 0.717) is 19.5 Å². The van der Waals surface area contributed by atoms with Crippen molar-refractivity contribution in [2.45, 2.75) is 58.8 Å². The van der Waals surface area contributed by atoms with Gasteiger partial charge in [0.05, 0.1) is 12.3 Å². The van der Waals surface area contributed by atoms with E-state index in [0.717, 1.165) is 47.7 Å². The fourth-order valence-electron chi connectivity index (χ4n) is 4.17. The van der Waals surface area contributed by atoms with E-state index in [1.54, 1.807) is 0 Å².